The van der Waals surface area contributed by atoms with Gasteiger partial charge in [0.1, 0.15) is 5.69 Å². The molecule has 3 aromatic rings. The Morgan fingerprint density at radius 2 is 1.90 bits per heavy atom. The molecule has 0 bridgehead atoms. The second-order valence-electron chi connectivity index (χ2n) is 6.16. The summed E-state index contributed by atoms with van der Waals surface area (Å²) in [5.41, 5.74) is -0.0303. The molecule has 0 fully saturated rings. The lowest BCUT2D eigenvalue weighted by Crippen LogP contribution is -2.25. The van der Waals surface area contributed by atoms with E-state index >= 15 is 0 Å². The average molecular weight is 440 g/mol. The van der Waals surface area contributed by atoms with E-state index in [2.05, 4.69) is 10.3 Å². The van der Waals surface area contributed by atoms with Gasteiger partial charge in [0.05, 0.1) is 24.8 Å². The van der Waals surface area contributed by atoms with E-state index in [4.69, 9.17) is 21.1 Å². The smallest absolute Gasteiger partial charge is 0.417 e. The standard InChI is InChI=1S/C20H17ClF3N3O3/c1-29-16-6-5-12(8-17(16)30-2)10-26-19(28)15-4-3-7-27(15)18-14(21)9-13(11-25-18)20(22,23)24/h3-9,11H,10H2,1-2H3,(H,26,28). The largest absolute Gasteiger partial charge is 0.493 e. The van der Waals surface area contributed by atoms with Crippen molar-refractivity contribution in [2.45, 2.75) is 12.7 Å². The minimum Gasteiger partial charge on any atom is -0.493 e. The van der Waals surface area contributed by atoms with Crippen LogP contribution in [0.25, 0.3) is 5.82 Å². The summed E-state index contributed by atoms with van der Waals surface area (Å²) in [5, 5.41) is 2.52. The molecule has 158 valence electrons. The zero-order chi connectivity index (χ0) is 21.9. The number of ether oxygens (including phenoxy) is 2. The number of carbonyl (C=O) groups excluding carboxylic acids is 1. The Labute approximate surface area is 175 Å². The van der Waals surface area contributed by atoms with Crippen LogP contribution in [-0.2, 0) is 12.7 Å². The molecule has 1 aromatic carbocycles. The third kappa shape index (κ3) is 4.51. The third-order valence-corrected chi connectivity index (χ3v) is 4.54. The highest BCUT2D eigenvalue weighted by atomic mass is 35.5. The van der Waals surface area contributed by atoms with Crippen molar-refractivity contribution in [3.63, 3.8) is 0 Å². The van der Waals surface area contributed by atoms with Crippen molar-refractivity contribution in [3.05, 3.63) is 70.6 Å². The number of alkyl halides is 3. The summed E-state index contributed by atoms with van der Waals surface area (Å²) in [6, 6.07) is 9.08. The van der Waals surface area contributed by atoms with Gasteiger partial charge < -0.3 is 14.8 Å². The number of pyridine rings is 1. The second kappa shape index (κ2) is 8.66. The fourth-order valence-corrected chi connectivity index (χ4v) is 3.03. The van der Waals surface area contributed by atoms with Crippen LogP contribution in [0.2, 0.25) is 5.02 Å². The molecule has 0 saturated heterocycles. The summed E-state index contributed by atoms with van der Waals surface area (Å²) in [4.78, 5) is 16.4. The Kier molecular flexibility index (Phi) is 6.21. The summed E-state index contributed by atoms with van der Waals surface area (Å²) in [6.45, 7) is 0.193. The summed E-state index contributed by atoms with van der Waals surface area (Å²) >= 11 is 6.00. The molecule has 0 aliphatic heterocycles. The maximum atomic E-state index is 12.8. The minimum absolute atomic E-state index is 0.0194. The van der Waals surface area contributed by atoms with Gasteiger partial charge in [0.15, 0.2) is 17.3 Å². The number of rotatable bonds is 6. The first kappa shape index (κ1) is 21.5. The normalized spacial score (nSPS) is 11.3. The van der Waals surface area contributed by atoms with Crippen LogP contribution in [0, 0.1) is 0 Å². The first-order chi connectivity index (χ1) is 14.2. The summed E-state index contributed by atoms with van der Waals surface area (Å²) in [5.74, 6) is 0.649. The van der Waals surface area contributed by atoms with Crippen LogP contribution < -0.4 is 14.8 Å². The fourth-order valence-electron chi connectivity index (χ4n) is 2.78. The average Bonchev–Trinajstić information content (AvgIpc) is 3.20. The number of nitrogens with one attached hydrogen (secondary N) is 1. The molecule has 0 aliphatic rings. The van der Waals surface area contributed by atoms with Gasteiger partial charge in [-0.2, -0.15) is 13.2 Å². The Hall–Kier alpha value is -3.20. The Morgan fingerprint density at radius 1 is 1.17 bits per heavy atom. The lowest BCUT2D eigenvalue weighted by Gasteiger charge is -2.13. The molecule has 10 heteroatoms. The van der Waals surface area contributed by atoms with E-state index in [1.54, 1.807) is 24.3 Å². The van der Waals surface area contributed by atoms with Crippen LogP contribution in [-0.4, -0.2) is 29.7 Å². The Balaban J connectivity index is 1.79. The van der Waals surface area contributed by atoms with E-state index in [1.165, 1.54) is 31.0 Å². The van der Waals surface area contributed by atoms with E-state index in [9.17, 15) is 18.0 Å². The van der Waals surface area contributed by atoms with Crippen molar-refractivity contribution in [3.8, 4) is 17.3 Å². The summed E-state index contributed by atoms with van der Waals surface area (Å²) in [6.07, 6.45) is -2.40. The van der Waals surface area contributed by atoms with Gasteiger partial charge in [-0.1, -0.05) is 17.7 Å². The number of carbonyl (C=O) groups is 1. The zero-order valence-corrected chi connectivity index (χ0v) is 16.7. The quantitative estimate of drug-likeness (QED) is 0.614. The number of aromatic nitrogens is 2. The predicted octanol–water partition coefficient (Wildman–Crippen LogP) is 4.49. The molecule has 0 spiro atoms. The molecule has 0 radical (unpaired) electrons. The molecule has 1 amide bonds. The number of hydrogen-bond acceptors (Lipinski definition) is 4. The predicted molar refractivity (Wildman–Crippen MR) is 104 cm³/mol. The van der Waals surface area contributed by atoms with Crippen LogP contribution in [0.1, 0.15) is 21.6 Å². The van der Waals surface area contributed by atoms with Gasteiger partial charge in [0.2, 0.25) is 0 Å². The maximum absolute atomic E-state index is 12.8. The first-order valence-corrected chi connectivity index (χ1v) is 9.02. The minimum atomic E-state index is -4.56. The fraction of sp³-hybridized carbons (Fsp3) is 0.200. The summed E-state index contributed by atoms with van der Waals surface area (Å²) < 4.78 is 50.2. The number of amides is 1. The molecule has 0 aliphatic carbocycles. The summed E-state index contributed by atoms with van der Waals surface area (Å²) in [7, 11) is 3.03. The monoisotopic (exact) mass is 439 g/mol. The van der Waals surface area contributed by atoms with E-state index in [0.717, 1.165) is 11.6 Å². The molecule has 2 aromatic heterocycles. The highest BCUT2D eigenvalue weighted by Gasteiger charge is 2.32. The van der Waals surface area contributed by atoms with Crippen LogP contribution in [0.3, 0.4) is 0 Å². The van der Waals surface area contributed by atoms with Crippen molar-refractivity contribution in [1.82, 2.24) is 14.9 Å². The topological polar surface area (TPSA) is 65.4 Å². The Morgan fingerprint density at radius 3 is 2.53 bits per heavy atom. The molecule has 30 heavy (non-hydrogen) atoms. The van der Waals surface area contributed by atoms with E-state index in [0.29, 0.717) is 17.7 Å². The van der Waals surface area contributed by atoms with Gasteiger partial charge in [0, 0.05) is 18.9 Å². The highest BCUT2D eigenvalue weighted by Crippen LogP contribution is 2.32. The number of halogens is 4. The van der Waals surface area contributed by atoms with Gasteiger partial charge in [-0.15, -0.1) is 0 Å². The van der Waals surface area contributed by atoms with Crippen LogP contribution in [0.5, 0.6) is 11.5 Å². The number of nitrogens with zero attached hydrogens (tertiary/aromatic N) is 2. The second-order valence-corrected chi connectivity index (χ2v) is 6.57. The SMILES string of the molecule is COc1ccc(CNC(=O)c2cccn2-c2ncc(C(F)(F)F)cc2Cl)cc1OC. The molecule has 0 atom stereocenters. The first-order valence-electron chi connectivity index (χ1n) is 8.64. The third-order valence-electron chi connectivity index (χ3n) is 4.26. The van der Waals surface area contributed by atoms with Crippen molar-refractivity contribution in [2.24, 2.45) is 0 Å². The lowest BCUT2D eigenvalue weighted by atomic mass is 10.2. The number of methoxy groups -OCH3 is 2. The van der Waals surface area contributed by atoms with E-state index in [1.807, 2.05) is 0 Å². The van der Waals surface area contributed by atoms with E-state index in [-0.39, 0.29) is 23.1 Å². The molecule has 2 heterocycles. The molecule has 3 rings (SSSR count). The highest BCUT2D eigenvalue weighted by molar-refractivity contribution is 6.32. The van der Waals surface area contributed by atoms with Crippen molar-refractivity contribution < 1.29 is 27.4 Å². The van der Waals surface area contributed by atoms with Crippen LogP contribution >= 0.6 is 11.6 Å². The van der Waals surface area contributed by atoms with Crippen molar-refractivity contribution in [2.75, 3.05) is 14.2 Å². The molecular weight excluding hydrogens is 423 g/mol. The van der Waals surface area contributed by atoms with Crippen molar-refractivity contribution in [1.29, 1.82) is 0 Å². The molecule has 0 unspecified atom stereocenters. The van der Waals surface area contributed by atoms with Gasteiger partial charge in [0.25, 0.3) is 5.91 Å². The molecule has 0 saturated carbocycles. The van der Waals surface area contributed by atoms with Crippen molar-refractivity contribution >= 4 is 17.5 Å². The zero-order valence-electron chi connectivity index (χ0n) is 16.0. The number of hydrogen-bond donors (Lipinski definition) is 1. The molecular formula is C20H17ClF3N3O3. The maximum Gasteiger partial charge on any atom is 0.417 e. The number of benzene rings is 1. The molecule has 6 nitrogen and oxygen atoms in total. The van der Waals surface area contributed by atoms with Gasteiger partial charge >= 0.3 is 6.18 Å². The van der Waals surface area contributed by atoms with Crippen LogP contribution in [0.4, 0.5) is 13.2 Å². The lowest BCUT2D eigenvalue weighted by molar-refractivity contribution is -0.137. The molecule has 1 N–H and O–H groups in total. The van der Waals surface area contributed by atoms with Gasteiger partial charge in [-0.3, -0.25) is 9.36 Å². The van der Waals surface area contributed by atoms with Crippen LogP contribution in [0.15, 0.2) is 48.8 Å². The van der Waals surface area contributed by atoms with Gasteiger partial charge in [-0.05, 0) is 35.9 Å². The van der Waals surface area contributed by atoms with E-state index < -0.39 is 17.6 Å². The van der Waals surface area contributed by atoms with Gasteiger partial charge in [-0.25, -0.2) is 4.98 Å². The Bertz CT molecular complexity index is 1070.